The Morgan fingerprint density at radius 2 is 2.06 bits per heavy atom. The van der Waals surface area contributed by atoms with Gasteiger partial charge in [-0.05, 0) is 45.6 Å². The Hall–Kier alpha value is -0.610. The molecule has 1 aliphatic carbocycles. The maximum Gasteiger partial charge on any atom is 0.323 e. The monoisotopic (exact) mass is 257 g/mol. The molecule has 1 aliphatic rings. The van der Waals surface area contributed by atoms with E-state index in [9.17, 15) is 9.90 Å². The molecule has 0 spiro atoms. The molecule has 1 atom stereocenters. The molecule has 0 aromatic rings. The zero-order valence-electron chi connectivity index (χ0n) is 11.7. The number of likely N-dealkylation sites (N-methyl/N-ethyl adjacent to an activating group) is 1. The van der Waals surface area contributed by atoms with Crippen LogP contribution in [0.5, 0.6) is 0 Å². The standard InChI is InChI=1S/C14H27NO3/c1-3-15-14(2,13(16)17)10-6-7-11-18-12-8-4-5-9-12/h12,15H,3-11H2,1-2H3,(H,16,17). The molecule has 0 aromatic heterocycles. The lowest BCUT2D eigenvalue weighted by Crippen LogP contribution is -2.49. The molecule has 0 saturated heterocycles. The highest BCUT2D eigenvalue weighted by Gasteiger charge is 2.31. The summed E-state index contributed by atoms with van der Waals surface area (Å²) in [6.07, 6.45) is 7.95. The molecule has 1 unspecified atom stereocenters. The Balaban J connectivity index is 2.12. The zero-order chi connectivity index (χ0) is 13.4. The van der Waals surface area contributed by atoms with Gasteiger partial charge >= 0.3 is 5.97 Å². The molecule has 106 valence electrons. The van der Waals surface area contributed by atoms with Crippen LogP contribution in [0.3, 0.4) is 0 Å². The molecule has 0 aromatic carbocycles. The van der Waals surface area contributed by atoms with Gasteiger partial charge in [-0.3, -0.25) is 4.79 Å². The first-order chi connectivity index (χ1) is 8.58. The van der Waals surface area contributed by atoms with Crippen molar-refractivity contribution in [2.45, 2.75) is 70.4 Å². The van der Waals surface area contributed by atoms with Gasteiger partial charge in [-0.15, -0.1) is 0 Å². The largest absolute Gasteiger partial charge is 0.480 e. The first kappa shape index (κ1) is 15.4. The molecule has 0 amide bonds. The summed E-state index contributed by atoms with van der Waals surface area (Å²) >= 11 is 0. The number of rotatable bonds is 9. The molecule has 2 N–H and O–H groups in total. The molecule has 0 bridgehead atoms. The third kappa shape index (κ3) is 4.94. The van der Waals surface area contributed by atoms with Gasteiger partial charge in [0.25, 0.3) is 0 Å². The van der Waals surface area contributed by atoms with Crippen molar-refractivity contribution in [3.8, 4) is 0 Å². The van der Waals surface area contributed by atoms with Gasteiger partial charge in [-0.25, -0.2) is 0 Å². The number of carboxylic acid groups (broad SMARTS) is 1. The summed E-state index contributed by atoms with van der Waals surface area (Å²) in [4.78, 5) is 11.2. The molecule has 1 rings (SSSR count). The lowest BCUT2D eigenvalue weighted by molar-refractivity contribution is -0.144. The molecule has 1 fully saturated rings. The van der Waals surface area contributed by atoms with E-state index < -0.39 is 11.5 Å². The minimum atomic E-state index is -0.790. The Morgan fingerprint density at radius 3 is 2.61 bits per heavy atom. The molecule has 4 heteroatoms. The van der Waals surface area contributed by atoms with Crippen LogP contribution in [0.25, 0.3) is 0 Å². The van der Waals surface area contributed by atoms with Gasteiger partial charge in [0.2, 0.25) is 0 Å². The number of carbonyl (C=O) groups is 1. The lowest BCUT2D eigenvalue weighted by Gasteiger charge is -2.25. The fraction of sp³-hybridized carbons (Fsp3) is 0.929. The SMILES string of the molecule is CCNC(C)(CCCCOC1CCCC1)C(=O)O. The van der Waals surface area contributed by atoms with Crippen LogP contribution in [0.2, 0.25) is 0 Å². The summed E-state index contributed by atoms with van der Waals surface area (Å²) in [5.41, 5.74) is -0.790. The van der Waals surface area contributed by atoms with Crippen molar-refractivity contribution in [1.82, 2.24) is 5.32 Å². The van der Waals surface area contributed by atoms with Gasteiger partial charge in [0.05, 0.1) is 6.10 Å². The molecule has 18 heavy (non-hydrogen) atoms. The fourth-order valence-corrected chi connectivity index (χ4v) is 2.55. The second-order valence-electron chi connectivity index (χ2n) is 5.40. The number of hydrogen-bond acceptors (Lipinski definition) is 3. The third-order valence-corrected chi connectivity index (χ3v) is 3.77. The molecular formula is C14H27NO3. The number of hydrogen-bond donors (Lipinski definition) is 2. The Labute approximate surface area is 110 Å². The van der Waals surface area contributed by atoms with E-state index in [0.717, 1.165) is 19.4 Å². The molecule has 0 heterocycles. The van der Waals surface area contributed by atoms with Gasteiger partial charge in [0.1, 0.15) is 5.54 Å². The highest BCUT2D eigenvalue weighted by molar-refractivity contribution is 5.78. The van der Waals surface area contributed by atoms with Crippen molar-refractivity contribution < 1.29 is 14.6 Å². The number of aliphatic carboxylic acids is 1. The van der Waals surface area contributed by atoms with Crippen LogP contribution in [-0.2, 0) is 9.53 Å². The average Bonchev–Trinajstić information content (AvgIpc) is 2.81. The predicted octanol–water partition coefficient (Wildman–Crippen LogP) is 2.57. The molecule has 0 aliphatic heterocycles. The number of carboxylic acids is 1. The average molecular weight is 257 g/mol. The number of unbranched alkanes of at least 4 members (excludes halogenated alkanes) is 1. The van der Waals surface area contributed by atoms with Gasteiger partial charge in [0.15, 0.2) is 0 Å². The Bertz CT molecular complexity index is 251. The lowest BCUT2D eigenvalue weighted by atomic mass is 9.95. The van der Waals surface area contributed by atoms with E-state index in [4.69, 9.17) is 4.74 Å². The molecule has 4 nitrogen and oxygen atoms in total. The number of nitrogens with one attached hydrogen (secondary N) is 1. The zero-order valence-corrected chi connectivity index (χ0v) is 11.7. The summed E-state index contributed by atoms with van der Waals surface area (Å²) in [6, 6.07) is 0. The van der Waals surface area contributed by atoms with E-state index in [1.807, 2.05) is 6.92 Å². The Kier molecular flexibility index (Phi) is 6.65. The quantitative estimate of drug-likeness (QED) is 0.623. The summed E-state index contributed by atoms with van der Waals surface area (Å²) in [5.74, 6) is -0.763. The fourth-order valence-electron chi connectivity index (χ4n) is 2.55. The van der Waals surface area contributed by atoms with Gasteiger partial charge in [-0.1, -0.05) is 19.8 Å². The van der Waals surface area contributed by atoms with Crippen LogP contribution in [0.1, 0.15) is 58.8 Å². The van der Waals surface area contributed by atoms with Crippen LogP contribution in [0.15, 0.2) is 0 Å². The highest BCUT2D eigenvalue weighted by Crippen LogP contribution is 2.21. The van der Waals surface area contributed by atoms with Crippen molar-refractivity contribution in [2.24, 2.45) is 0 Å². The van der Waals surface area contributed by atoms with Gasteiger partial charge < -0.3 is 15.2 Å². The summed E-state index contributed by atoms with van der Waals surface area (Å²) in [7, 11) is 0. The van der Waals surface area contributed by atoms with Crippen LogP contribution in [-0.4, -0.2) is 35.9 Å². The van der Waals surface area contributed by atoms with E-state index in [2.05, 4.69) is 5.32 Å². The van der Waals surface area contributed by atoms with Gasteiger partial charge in [-0.2, -0.15) is 0 Å². The van der Waals surface area contributed by atoms with Crippen LogP contribution >= 0.6 is 0 Å². The Morgan fingerprint density at radius 1 is 1.39 bits per heavy atom. The van der Waals surface area contributed by atoms with E-state index in [1.54, 1.807) is 6.92 Å². The summed E-state index contributed by atoms with van der Waals surface area (Å²) < 4.78 is 5.77. The van der Waals surface area contributed by atoms with E-state index in [1.165, 1.54) is 25.7 Å². The highest BCUT2D eigenvalue weighted by atomic mass is 16.5. The van der Waals surface area contributed by atoms with Crippen LogP contribution in [0.4, 0.5) is 0 Å². The first-order valence-electron chi connectivity index (χ1n) is 7.18. The van der Waals surface area contributed by atoms with Crippen molar-refractivity contribution in [3.63, 3.8) is 0 Å². The first-order valence-corrected chi connectivity index (χ1v) is 7.18. The normalized spacial score (nSPS) is 19.9. The van der Waals surface area contributed by atoms with Crippen molar-refractivity contribution >= 4 is 5.97 Å². The molecule has 0 radical (unpaired) electrons. The maximum absolute atomic E-state index is 11.2. The summed E-state index contributed by atoms with van der Waals surface area (Å²) in [6.45, 7) is 5.15. The van der Waals surface area contributed by atoms with Crippen molar-refractivity contribution in [3.05, 3.63) is 0 Å². The number of ether oxygens (including phenoxy) is 1. The van der Waals surface area contributed by atoms with E-state index in [0.29, 0.717) is 19.1 Å². The van der Waals surface area contributed by atoms with Crippen molar-refractivity contribution in [1.29, 1.82) is 0 Å². The minimum Gasteiger partial charge on any atom is -0.480 e. The smallest absolute Gasteiger partial charge is 0.323 e. The van der Waals surface area contributed by atoms with Crippen LogP contribution < -0.4 is 5.32 Å². The van der Waals surface area contributed by atoms with Crippen LogP contribution in [0, 0.1) is 0 Å². The maximum atomic E-state index is 11.2. The predicted molar refractivity (Wildman–Crippen MR) is 71.8 cm³/mol. The van der Waals surface area contributed by atoms with Gasteiger partial charge in [0, 0.05) is 6.61 Å². The van der Waals surface area contributed by atoms with E-state index >= 15 is 0 Å². The topological polar surface area (TPSA) is 58.6 Å². The molecular weight excluding hydrogens is 230 g/mol. The third-order valence-electron chi connectivity index (χ3n) is 3.77. The summed E-state index contributed by atoms with van der Waals surface area (Å²) in [5, 5.41) is 12.2. The minimum absolute atomic E-state index is 0.463. The van der Waals surface area contributed by atoms with Crippen molar-refractivity contribution in [2.75, 3.05) is 13.2 Å². The molecule has 1 saturated carbocycles. The van der Waals surface area contributed by atoms with E-state index in [-0.39, 0.29) is 0 Å². The second-order valence-corrected chi connectivity index (χ2v) is 5.40. The second kappa shape index (κ2) is 7.74.